The van der Waals surface area contributed by atoms with Crippen molar-refractivity contribution in [2.24, 2.45) is 0 Å². The third-order valence-corrected chi connectivity index (χ3v) is 8.11. The van der Waals surface area contributed by atoms with Gasteiger partial charge < -0.3 is 19.4 Å². The van der Waals surface area contributed by atoms with Gasteiger partial charge in [0.15, 0.2) is 0 Å². The van der Waals surface area contributed by atoms with E-state index in [-0.39, 0.29) is 5.91 Å². The summed E-state index contributed by atoms with van der Waals surface area (Å²) in [5, 5.41) is 3.88. The number of benzene rings is 3. The van der Waals surface area contributed by atoms with Crippen molar-refractivity contribution in [2.75, 3.05) is 19.0 Å². The highest BCUT2D eigenvalue weighted by atomic mass is 35.5. The van der Waals surface area contributed by atoms with Crippen LogP contribution < -0.4 is 14.8 Å². The van der Waals surface area contributed by atoms with Gasteiger partial charge in [0.1, 0.15) is 22.8 Å². The highest BCUT2D eigenvalue weighted by molar-refractivity contribution is 6.42. The number of carbonyl (C=O) groups is 1. The van der Waals surface area contributed by atoms with E-state index in [1.54, 1.807) is 25.3 Å². The summed E-state index contributed by atoms with van der Waals surface area (Å²) in [6.45, 7) is 3.43. The molecule has 0 atom stereocenters. The van der Waals surface area contributed by atoms with Crippen molar-refractivity contribution in [1.82, 2.24) is 8.97 Å². The Morgan fingerprint density at radius 1 is 0.925 bits per heavy atom. The van der Waals surface area contributed by atoms with Gasteiger partial charge in [0.25, 0.3) is 5.91 Å². The number of halogens is 2. The standard InChI is InChI=1S/C32H29Cl2N3O3/c1-3-40-24-14-9-21(10-15-24)29-25-6-4-5-17-36-28(20-7-12-23(39-2)13-8-20)19-37(32(25)36)30(29)31(38)35-22-11-16-26(33)27(34)18-22/h7-16,18-19H,3-6,17H2,1-2H3,(H,35,38). The fourth-order valence-electron chi connectivity index (χ4n) is 5.56. The second kappa shape index (κ2) is 11.0. The number of hydrogen-bond acceptors (Lipinski definition) is 3. The fraction of sp³-hybridized carbons (Fsp3) is 0.219. The summed E-state index contributed by atoms with van der Waals surface area (Å²) in [5.41, 5.74) is 7.41. The molecule has 0 aliphatic carbocycles. The van der Waals surface area contributed by atoms with Gasteiger partial charge in [0.05, 0.1) is 29.5 Å². The summed E-state index contributed by atoms with van der Waals surface area (Å²) in [7, 11) is 1.66. The number of imidazole rings is 1. The van der Waals surface area contributed by atoms with E-state index in [1.165, 1.54) is 5.56 Å². The molecule has 0 fully saturated rings. The molecule has 3 heterocycles. The number of anilines is 1. The first-order valence-electron chi connectivity index (χ1n) is 13.4. The number of ether oxygens (including phenoxy) is 2. The van der Waals surface area contributed by atoms with E-state index in [2.05, 4.69) is 32.6 Å². The van der Waals surface area contributed by atoms with Gasteiger partial charge in [-0.1, -0.05) is 35.3 Å². The minimum absolute atomic E-state index is 0.220. The van der Waals surface area contributed by atoms with Crippen molar-refractivity contribution in [3.63, 3.8) is 0 Å². The average molecular weight is 575 g/mol. The zero-order chi connectivity index (χ0) is 27.8. The first kappa shape index (κ1) is 26.4. The predicted octanol–water partition coefficient (Wildman–Crippen LogP) is 8.38. The van der Waals surface area contributed by atoms with Crippen LogP contribution in [0.1, 0.15) is 35.8 Å². The number of aromatic nitrogens is 2. The molecule has 0 saturated carbocycles. The van der Waals surface area contributed by atoms with Gasteiger partial charge in [-0.15, -0.1) is 0 Å². The maximum absolute atomic E-state index is 14.1. The molecule has 0 unspecified atom stereocenters. The van der Waals surface area contributed by atoms with Gasteiger partial charge in [0.2, 0.25) is 0 Å². The SMILES string of the molecule is CCOc1ccc(-c2c3c4n(c(-c5ccc(OC)cc5)cn4c2C(=O)Nc2ccc(Cl)c(Cl)c2)CCCC3)cc1. The molecule has 0 radical (unpaired) electrons. The lowest BCUT2D eigenvalue weighted by Crippen LogP contribution is -2.15. The number of amides is 1. The second-order valence-corrected chi connectivity index (χ2v) is 10.6. The van der Waals surface area contributed by atoms with Crippen LogP contribution in [0.25, 0.3) is 28.0 Å². The van der Waals surface area contributed by atoms with Gasteiger partial charge >= 0.3 is 0 Å². The van der Waals surface area contributed by atoms with Crippen LogP contribution in [0.3, 0.4) is 0 Å². The number of aryl methyl sites for hydroxylation is 2. The van der Waals surface area contributed by atoms with Crippen LogP contribution in [0.2, 0.25) is 10.0 Å². The topological polar surface area (TPSA) is 56.9 Å². The Morgan fingerprint density at radius 3 is 2.35 bits per heavy atom. The molecule has 1 aliphatic rings. The number of carbonyl (C=O) groups excluding carboxylic acids is 1. The lowest BCUT2D eigenvalue weighted by molar-refractivity contribution is 0.102. The molecule has 1 N–H and O–H groups in total. The Kier molecular flexibility index (Phi) is 7.22. The number of methoxy groups -OCH3 is 1. The number of hydrogen-bond donors (Lipinski definition) is 1. The van der Waals surface area contributed by atoms with Crippen molar-refractivity contribution in [3.05, 3.63) is 94.2 Å². The highest BCUT2D eigenvalue weighted by Gasteiger charge is 2.29. The van der Waals surface area contributed by atoms with Gasteiger partial charge in [-0.3, -0.25) is 9.20 Å². The van der Waals surface area contributed by atoms with Crippen LogP contribution in [0.15, 0.2) is 72.9 Å². The molecule has 2 aromatic heterocycles. The predicted molar refractivity (Wildman–Crippen MR) is 161 cm³/mol. The first-order valence-corrected chi connectivity index (χ1v) is 14.1. The third kappa shape index (κ3) is 4.72. The van der Waals surface area contributed by atoms with Crippen LogP contribution in [-0.4, -0.2) is 28.6 Å². The van der Waals surface area contributed by atoms with E-state index < -0.39 is 0 Å². The van der Waals surface area contributed by atoms with E-state index in [4.69, 9.17) is 32.7 Å². The largest absolute Gasteiger partial charge is 0.497 e. The molecular formula is C32H29Cl2N3O3. The Balaban J connectivity index is 1.56. The van der Waals surface area contributed by atoms with Crippen molar-refractivity contribution < 1.29 is 14.3 Å². The summed E-state index contributed by atoms with van der Waals surface area (Å²) in [6.07, 6.45) is 5.03. The van der Waals surface area contributed by atoms with E-state index in [1.807, 2.05) is 43.3 Å². The summed E-state index contributed by atoms with van der Waals surface area (Å²) in [5.74, 6) is 1.38. The molecule has 6 nitrogen and oxygen atoms in total. The van der Waals surface area contributed by atoms with Crippen molar-refractivity contribution in [3.8, 4) is 33.9 Å². The second-order valence-electron chi connectivity index (χ2n) is 9.79. The lowest BCUT2D eigenvalue weighted by atomic mass is 9.97. The van der Waals surface area contributed by atoms with Crippen LogP contribution in [0, 0.1) is 0 Å². The van der Waals surface area contributed by atoms with Gasteiger partial charge in [-0.2, -0.15) is 0 Å². The Hall–Kier alpha value is -3.87. The molecule has 0 bridgehead atoms. The molecule has 40 heavy (non-hydrogen) atoms. The van der Waals surface area contributed by atoms with E-state index in [0.717, 1.165) is 65.3 Å². The maximum atomic E-state index is 14.1. The van der Waals surface area contributed by atoms with E-state index in [0.29, 0.717) is 28.0 Å². The molecule has 8 heteroatoms. The van der Waals surface area contributed by atoms with Gasteiger partial charge in [0, 0.05) is 29.6 Å². The molecule has 0 saturated heterocycles. The summed E-state index contributed by atoms with van der Waals surface area (Å²) < 4.78 is 15.5. The summed E-state index contributed by atoms with van der Waals surface area (Å²) in [4.78, 5) is 14.1. The number of nitrogens with one attached hydrogen (secondary N) is 1. The maximum Gasteiger partial charge on any atom is 0.273 e. The zero-order valence-electron chi connectivity index (χ0n) is 22.3. The average Bonchev–Trinajstić information content (AvgIpc) is 3.38. The molecule has 5 aromatic rings. The smallest absolute Gasteiger partial charge is 0.273 e. The normalized spacial score (nSPS) is 12.8. The van der Waals surface area contributed by atoms with E-state index in [9.17, 15) is 4.79 Å². The van der Waals surface area contributed by atoms with Gasteiger partial charge in [-0.05, 0) is 91.9 Å². The molecular weight excluding hydrogens is 545 g/mol. The van der Waals surface area contributed by atoms with Crippen molar-refractivity contribution >= 4 is 40.4 Å². The van der Waals surface area contributed by atoms with Gasteiger partial charge in [-0.25, -0.2) is 0 Å². The minimum atomic E-state index is -0.220. The minimum Gasteiger partial charge on any atom is -0.497 e. The quantitative estimate of drug-likeness (QED) is 0.213. The third-order valence-electron chi connectivity index (χ3n) is 7.37. The Morgan fingerprint density at radius 2 is 1.65 bits per heavy atom. The molecule has 204 valence electrons. The molecule has 1 amide bonds. The molecule has 1 aliphatic heterocycles. The zero-order valence-corrected chi connectivity index (χ0v) is 23.9. The Bertz CT molecular complexity index is 1700. The highest BCUT2D eigenvalue weighted by Crippen LogP contribution is 2.40. The molecule has 3 aromatic carbocycles. The number of rotatable bonds is 7. The van der Waals surface area contributed by atoms with Crippen molar-refractivity contribution in [2.45, 2.75) is 32.7 Å². The van der Waals surface area contributed by atoms with Crippen LogP contribution in [-0.2, 0) is 13.0 Å². The monoisotopic (exact) mass is 573 g/mol. The van der Waals surface area contributed by atoms with Crippen LogP contribution >= 0.6 is 23.2 Å². The van der Waals surface area contributed by atoms with Crippen molar-refractivity contribution in [1.29, 1.82) is 0 Å². The van der Waals surface area contributed by atoms with Crippen LogP contribution in [0.4, 0.5) is 5.69 Å². The molecule has 6 rings (SSSR count). The fourth-order valence-corrected chi connectivity index (χ4v) is 5.86. The van der Waals surface area contributed by atoms with E-state index >= 15 is 0 Å². The first-order chi connectivity index (χ1) is 19.5. The molecule has 0 spiro atoms. The van der Waals surface area contributed by atoms with Crippen LogP contribution in [0.5, 0.6) is 11.5 Å². The number of nitrogens with zero attached hydrogens (tertiary/aromatic N) is 2. The summed E-state index contributed by atoms with van der Waals surface area (Å²) in [6, 6.07) is 21.1. The Labute approximate surface area is 243 Å². The lowest BCUT2D eigenvalue weighted by Gasteiger charge is -2.11. The summed E-state index contributed by atoms with van der Waals surface area (Å²) >= 11 is 12.4.